The topological polar surface area (TPSA) is 73.8 Å². The molecule has 8 heteroatoms. The number of nitrogens with zero attached hydrogens (tertiary/aromatic N) is 2. The van der Waals surface area contributed by atoms with Gasteiger partial charge in [-0.05, 0) is 36.8 Å². The van der Waals surface area contributed by atoms with Crippen molar-refractivity contribution >= 4 is 39.8 Å². The maximum Gasteiger partial charge on any atom is 0.191 e. The quantitative estimate of drug-likeness (QED) is 0.333. The van der Waals surface area contributed by atoms with Crippen molar-refractivity contribution in [2.24, 2.45) is 10.9 Å². The molecule has 29 heavy (non-hydrogen) atoms. The van der Waals surface area contributed by atoms with Crippen LogP contribution < -0.4 is 10.6 Å². The van der Waals surface area contributed by atoms with Crippen LogP contribution in [-0.2, 0) is 22.8 Å². The highest BCUT2D eigenvalue weighted by Crippen LogP contribution is 2.23. The Morgan fingerprint density at radius 2 is 2.00 bits per heavy atom. The van der Waals surface area contributed by atoms with E-state index in [0.717, 1.165) is 32.0 Å². The molecule has 0 spiro atoms. The third-order valence-corrected chi connectivity index (χ3v) is 7.52. The first kappa shape index (κ1) is 24.4. The number of benzene rings is 1. The van der Waals surface area contributed by atoms with Gasteiger partial charge in [-0.15, -0.1) is 24.0 Å². The van der Waals surface area contributed by atoms with E-state index < -0.39 is 9.84 Å². The van der Waals surface area contributed by atoms with E-state index in [9.17, 15) is 8.42 Å². The van der Waals surface area contributed by atoms with Crippen molar-refractivity contribution in [3.8, 4) is 0 Å². The molecule has 3 rings (SSSR count). The maximum atomic E-state index is 11.7. The minimum atomic E-state index is -2.90. The summed E-state index contributed by atoms with van der Waals surface area (Å²) >= 11 is 0. The van der Waals surface area contributed by atoms with Gasteiger partial charge in [-0.25, -0.2) is 8.42 Å². The van der Waals surface area contributed by atoms with Crippen LogP contribution >= 0.6 is 24.0 Å². The summed E-state index contributed by atoms with van der Waals surface area (Å²) in [5.41, 5.74) is 2.88. The van der Waals surface area contributed by atoms with Crippen LogP contribution in [0.25, 0.3) is 0 Å². The number of halogens is 1. The average molecular weight is 535 g/mol. The van der Waals surface area contributed by atoms with Gasteiger partial charge in [0.05, 0.1) is 18.1 Å². The van der Waals surface area contributed by atoms with Gasteiger partial charge in [0.25, 0.3) is 0 Å². The Hall–Kier alpha value is -0.870. The first-order chi connectivity index (χ1) is 13.4. The number of hydrogen-bond acceptors (Lipinski definition) is 4. The molecule has 2 N–H and O–H groups in total. The van der Waals surface area contributed by atoms with Crippen molar-refractivity contribution in [3.63, 3.8) is 0 Å². The standard InChI is InChI=1S/C21H34N4O2S.HI/c1-4-22-21(24-19-10-12-28(26,27)15-19)23-13-20(16(2)3)25-11-9-17-7-5-6-8-18(17)14-25;/h5-8,16,19-20H,4,9-15H2,1-3H3,(H2,22,23,24);1H. The fourth-order valence-corrected chi connectivity index (χ4v) is 5.83. The Balaban J connectivity index is 0.00000300. The zero-order chi connectivity index (χ0) is 20.1. The minimum absolute atomic E-state index is 0. The lowest BCUT2D eigenvalue weighted by atomic mass is 9.95. The van der Waals surface area contributed by atoms with E-state index in [1.807, 2.05) is 6.92 Å². The lowest BCUT2D eigenvalue weighted by Crippen LogP contribution is -2.47. The molecular formula is C21H35IN4O2S. The number of aliphatic imine (C=N–C) groups is 1. The maximum absolute atomic E-state index is 11.7. The minimum Gasteiger partial charge on any atom is -0.357 e. The lowest BCUT2D eigenvalue weighted by molar-refractivity contribution is 0.144. The highest BCUT2D eigenvalue weighted by molar-refractivity contribution is 14.0. The van der Waals surface area contributed by atoms with Crippen LogP contribution in [0.15, 0.2) is 29.3 Å². The fourth-order valence-electron chi connectivity index (χ4n) is 4.16. The number of hydrogen-bond donors (Lipinski definition) is 2. The summed E-state index contributed by atoms with van der Waals surface area (Å²) in [6.45, 7) is 10.0. The highest BCUT2D eigenvalue weighted by atomic mass is 127. The molecule has 0 aromatic heterocycles. The Kier molecular flexibility index (Phi) is 9.21. The Labute approximate surface area is 192 Å². The van der Waals surface area contributed by atoms with Crippen LogP contribution in [0.3, 0.4) is 0 Å². The third kappa shape index (κ3) is 6.82. The number of nitrogens with one attached hydrogen (secondary N) is 2. The van der Waals surface area contributed by atoms with E-state index in [4.69, 9.17) is 4.99 Å². The molecule has 1 aromatic rings. The smallest absolute Gasteiger partial charge is 0.191 e. The zero-order valence-electron chi connectivity index (χ0n) is 17.7. The number of fused-ring (bicyclic) bond motifs is 1. The lowest BCUT2D eigenvalue weighted by Gasteiger charge is -2.37. The van der Waals surface area contributed by atoms with Gasteiger partial charge in [0.15, 0.2) is 15.8 Å². The van der Waals surface area contributed by atoms with E-state index >= 15 is 0 Å². The Morgan fingerprint density at radius 3 is 2.62 bits per heavy atom. The van der Waals surface area contributed by atoms with E-state index in [-0.39, 0.29) is 41.5 Å². The molecule has 2 atom stereocenters. The Morgan fingerprint density at radius 1 is 1.28 bits per heavy atom. The van der Waals surface area contributed by atoms with Crippen LogP contribution in [0.2, 0.25) is 0 Å². The van der Waals surface area contributed by atoms with Gasteiger partial charge < -0.3 is 10.6 Å². The van der Waals surface area contributed by atoms with E-state index in [1.54, 1.807) is 0 Å². The predicted octanol–water partition coefficient (Wildman–Crippen LogP) is 2.43. The second-order valence-corrected chi connectivity index (χ2v) is 10.5. The van der Waals surface area contributed by atoms with Crippen LogP contribution in [0.4, 0.5) is 0 Å². The highest BCUT2D eigenvalue weighted by Gasteiger charge is 2.29. The molecule has 1 aromatic carbocycles. The first-order valence-corrected chi connectivity index (χ1v) is 12.3. The molecule has 0 radical (unpaired) electrons. The van der Waals surface area contributed by atoms with Crippen molar-refractivity contribution in [1.29, 1.82) is 0 Å². The van der Waals surface area contributed by atoms with Crippen molar-refractivity contribution in [1.82, 2.24) is 15.5 Å². The molecule has 2 heterocycles. The van der Waals surface area contributed by atoms with E-state index in [1.165, 1.54) is 11.1 Å². The van der Waals surface area contributed by atoms with Crippen molar-refractivity contribution in [3.05, 3.63) is 35.4 Å². The SMILES string of the molecule is CCNC(=NCC(C(C)C)N1CCc2ccccc2C1)NC1CCS(=O)(=O)C1.I. The van der Waals surface area contributed by atoms with Gasteiger partial charge in [0, 0.05) is 31.7 Å². The van der Waals surface area contributed by atoms with Gasteiger partial charge in [-0.3, -0.25) is 9.89 Å². The Bertz CT molecular complexity index is 798. The van der Waals surface area contributed by atoms with Crippen molar-refractivity contribution < 1.29 is 8.42 Å². The molecule has 0 saturated carbocycles. The summed E-state index contributed by atoms with van der Waals surface area (Å²) < 4.78 is 23.5. The van der Waals surface area contributed by atoms with E-state index in [2.05, 4.69) is 53.6 Å². The summed E-state index contributed by atoms with van der Waals surface area (Å²) in [7, 11) is -2.90. The molecule has 0 amide bonds. The van der Waals surface area contributed by atoms with Crippen LogP contribution in [0, 0.1) is 5.92 Å². The molecular weight excluding hydrogens is 499 g/mol. The molecule has 6 nitrogen and oxygen atoms in total. The molecule has 2 aliphatic heterocycles. The van der Waals surface area contributed by atoms with Gasteiger partial charge in [0.2, 0.25) is 0 Å². The zero-order valence-corrected chi connectivity index (χ0v) is 20.9. The summed E-state index contributed by atoms with van der Waals surface area (Å²) in [5, 5.41) is 6.60. The number of guanidine groups is 1. The molecule has 0 bridgehead atoms. The number of sulfone groups is 1. The summed E-state index contributed by atoms with van der Waals surface area (Å²) in [6.07, 6.45) is 1.74. The van der Waals surface area contributed by atoms with Gasteiger partial charge in [-0.2, -0.15) is 0 Å². The second kappa shape index (κ2) is 10.9. The normalized spacial score (nSPS) is 22.6. The largest absolute Gasteiger partial charge is 0.357 e. The van der Waals surface area contributed by atoms with Gasteiger partial charge in [-0.1, -0.05) is 38.1 Å². The van der Waals surface area contributed by atoms with Crippen molar-refractivity contribution in [2.75, 3.05) is 31.1 Å². The molecule has 2 unspecified atom stereocenters. The van der Waals surface area contributed by atoms with E-state index in [0.29, 0.717) is 24.9 Å². The van der Waals surface area contributed by atoms with Gasteiger partial charge in [0.1, 0.15) is 0 Å². The molecule has 1 saturated heterocycles. The van der Waals surface area contributed by atoms with Crippen molar-refractivity contribution in [2.45, 2.75) is 52.2 Å². The number of rotatable bonds is 6. The van der Waals surface area contributed by atoms with Crippen LogP contribution in [0.5, 0.6) is 0 Å². The molecule has 2 aliphatic rings. The first-order valence-electron chi connectivity index (χ1n) is 10.4. The summed E-state index contributed by atoms with van der Waals surface area (Å²) in [4.78, 5) is 7.38. The molecule has 0 aliphatic carbocycles. The fraction of sp³-hybridized carbons (Fsp3) is 0.667. The predicted molar refractivity (Wildman–Crippen MR) is 131 cm³/mol. The van der Waals surface area contributed by atoms with Crippen LogP contribution in [-0.4, -0.2) is 62.5 Å². The molecule has 164 valence electrons. The third-order valence-electron chi connectivity index (χ3n) is 5.75. The second-order valence-electron chi connectivity index (χ2n) is 8.26. The monoisotopic (exact) mass is 534 g/mol. The summed E-state index contributed by atoms with van der Waals surface area (Å²) in [6, 6.07) is 9.02. The molecule has 1 fully saturated rings. The van der Waals surface area contributed by atoms with Gasteiger partial charge >= 0.3 is 0 Å². The van der Waals surface area contributed by atoms with Crippen LogP contribution in [0.1, 0.15) is 38.3 Å². The summed E-state index contributed by atoms with van der Waals surface area (Å²) in [5.74, 6) is 1.69. The average Bonchev–Trinajstić information content (AvgIpc) is 3.00.